The molecule has 0 spiro atoms. The van der Waals surface area contributed by atoms with E-state index in [9.17, 15) is 19.2 Å². The number of aryl methyl sites for hydroxylation is 1. The van der Waals surface area contributed by atoms with Crippen LogP contribution in [0, 0.1) is 66.1 Å². The highest BCUT2D eigenvalue weighted by molar-refractivity contribution is 5.81. The van der Waals surface area contributed by atoms with Crippen LogP contribution in [0.1, 0.15) is 43.7 Å². The maximum absolute atomic E-state index is 12.8. The molecule has 1 saturated carbocycles. The predicted octanol–water partition coefficient (Wildman–Crippen LogP) is 5.29. The van der Waals surface area contributed by atoms with Gasteiger partial charge in [-0.25, -0.2) is 19.2 Å². The molecule has 2 aromatic carbocycles. The van der Waals surface area contributed by atoms with Crippen molar-refractivity contribution in [3.05, 3.63) is 85.0 Å². The minimum atomic E-state index is -0.909. The molecule has 4 atom stereocenters. The molecule has 1 aliphatic carbocycles. The van der Waals surface area contributed by atoms with E-state index in [4.69, 9.17) is 28.4 Å². The quantitative estimate of drug-likeness (QED) is 0.0889. The number of carbonyl (C=O) groups is 4. The number of alkyl carbamates (subject to hydrolysis) is 2. The van der Waals surface area contributed by atoms with Crippen LogP contribution in [0.2, 0.25) is 0 Å². The highest BCUT2D eigenvalue weighted by atomic mass is 16.6. The van der Waals surface area contributed by atoms with Gasteiger partial charge >= 0.3 is 24.1 Å². The van der Waals surface area contributed by atoms with Crippen LogP contribution in [0.4, 0.5) is 9.59 Å². The summed E-state index contributed by atoms with van der Waals surface area (Å²) in [6, 6.07) is 14.3. The van der Waals surface area contributed by atoms with Gasteiger partial charge < -0.3 is 39.1 Å². The average Bonchev–Trinajstić information content (AvgIpc) is 3.21. The Bertz CT molecular complexity index is 1890. The van der Waals surface area contributed by atoms with Crippen molar-refractivity contribution in [2.75, 3.05) is 39.5 Å². The van der Waals surface area contributed by atoms with Gasteiger partial charge in [0.05, 0.1) is 0 Å². The first-order chi connectivity index (χ1) is 27.2. The molecule has 0 bridgehead atoms. The van der Waals surface area contributed by atoms with Gasteiger partial charge in [0.15, 0.2) is 12.2 Å². The van der Waals surface area contributed by atoms with Crippen LogP contribution in [-0.4, -0.2) is 75.9 Å². The lowest BCUT2D eigenvalue weighted by Gasteiger charge is -2.29. The number of benzene rings is 2. The minimum Gasteiger partial charge on any atom is -0.490 e. The zero-order chi connectivity index (χ0) is 40.4. The van der Waals surface area contributed by atoms with E-state index in [1.807, 2.05) is 19.1 Å². The molecule has 1 fully saturated rings. The summed E-state index contributed by atoms with van der Waals surface area (Å²) in [6.45, 7) is 10.6. The van der Waals surface area contributed by atoms with Gasteiger partial charge in [0.1, 0.15) is 37.9 Å². The number of hydrogen-bond acceptors (Lipinski definition) is 10. The Kier molecular flexibility index (Phi) is 19.7. The van der Waals surface area contributed by atoms with Crippen molar-refractivity contribution in [2.24, 2.45) is 11.8 Å². The van der Waals surface area contributed by atoms with Gasteiger partial charge in [0, 0.05) is 30.8 Å². The van der Waals surface area contributed by atoms with Gasteiger partial charge in [0.25, 0.3) is 0 Å². The normalized spacial score (nSPS) is 14.8. The Morgan fingerprint density at radius 3 is 1.64 bits per heavy atom. The molecule has 1 aliphatic rings. The third-order valence-corrected chi connectivity index (χ3v) is 8.06. The minimum absolute atomic E-state index is 0.0233. The second kappa shape index (κ2) is 25.3. The number of nitrogens with one attached hydrogen (secondary N) is 2. The Morgan fingerprint density at radius 1 is 0.696 bits per heavy atom. The van der Waals surface area contributed by atoms with Crippen LogP contribution in [-0.2, 0) is 28.5 Å². The lowest BCUT2D eigenvalue weighted by molar-refractivity contribution is -0.142. The maximum Gasteiger partial charge on any atom is 0.407 e. The molecule has 0 aromatic heterocycles. The molecule has 2 aromatic rings. The number of amides is 2. The van der Waals surface area contributed by atoms with Crippen LogP contribution in [0.5, 0.6) is 11.5 Å². The van der Waals surface area contributed by atoms with E-state index >= 15 is 0 Å². The summed E-state index contributed by atoms with van der Waals surface area (Å²) in [7, 11) is 0. The van der Waals surface area contributed by atoms with Crippen molar-refractivity contribution in [2.45, 2.75) is 51.7 Å². The van der Waals surface area contributed by atoms with Gasteiger partial charge in [0.2, 0.25) is 0 Å². The number of hydrogen-bond donors (Lipinski definition) is 2. The van der Waals surface area contributed by atoms with Gasteiger partial charge in [-0.2, -0.15) is 0 Å². The van der Waals surface area contributed by atoms with Crippen LogP contribution in [0.3, 0.4) is 0 Å². The molecule has 0 heterocycles. The predicted molar refractivity (Wildman–Crippen MR) is 209 cm³/mol. The lowest BCUT2D eigenvalue weighted by atomic mass is 9.81. The largest absolute Gasteiger partial charge is 0.490 e. The Labute approximate surface area is 328 Å². The molecular formula is C44H46N2O10. The van der Waals surface area contributed by atoms with Crippen LogP contribution in [0.15, 0.2) is 73.8 Å². The summed E-state index contributed by atoms with van der Waals surface area (Å²) in [5, 5.41) is 5.61. The molecule has 0 saturated heterocycles. The van der Waals surface area contributed by atoms with Crippen molar-refractivity contribution >= 4 is 24.1 Å². The van der Waals surface area contributed by atoms with Crippen LogP contribution in [0.25, 0.3) is 0 Å². The maximum atomic E-state index is 12.8. The van der Waals surface area contributed by atoms with E-state index in [1.54, 1.807) is 43.3 Å². The SMILES string of the molecule is C=CC(=O)OCC(COc1ccc(C)cc1)OC(=O)NCC1CCCC(CNC(=O)OC(COC(=O)C=C)COc2ccc(C#CC#CC#CC#CC)cc2)C1. The van der Waals surface area contributed by atoms with Crippen molar-refractivity contribution in [3.8, 4) is 58.9 Å². The van der Waals surface area contributed by atoms with Gasteiger partial charge in [-0.05, 0) is 117 Å². The first kappa shape index (κ1) is 43.6. The Balaban J connectivity index is 1.45. The molecular weight excluding hydrogens is 716 g/mol. The third kappa shape index (κ3) is 18.3. The van der Waals surface area contributed by atoms with Crippen molar-refractivity contribution in [3.63, 3.8) is 0 Å². The van der Waals surface area contributed by atoms with Gasteiger partial charge in [-0.15, -0.1) is 0 Å². The third-order valence-electron chi connectivity index (χ3n) is 8.06. The van der Waals surface area contributed by atoms with Crippen LogP contribution >= 0.6 is 0 Å². The molecule has 0 aliphatic heterocycles. The van der Waals surface area contributed by atoms with E-state index in [-0.39, 0.29) is 38.3 Å². The lowest BCUT2D eigenvalue weighted by Crippen LogP contribution is -2.40. The number of carbonyl (C=O) groups excluding carboxylic acids is 4. The van der Waals surface area contributed by atoms with E-state index in [1.165, 1.54) is 0 Å². The van der Waals surface area contributed by atoms with Crippen molar-refractivity contribution in [1.29, 1.82) is 0 Å². The number of esters is 2. The molecule has 2 N–H and O–H groups in total. The molecule has 2 amide bonds. The van der Waals surface area contributed by atoms with E-state index < -0.39 is 36.3 Å². The second-order valence-corrected chi connectivity index (χ2v) is 12.5. The fourth-order valence-corrected chi connectivity index (χ4v) is 5.25. The van der Waals surface area contributed by atoms with Gasteiger partial charge in [-0.3, -0.25) is 0 Å². The monoisotopic (exact) mass is 762 g/mol. The fraction of sp³-hybridized carbons (Fsp3) is 0.364. The van der Waals surface area contributed by atoms with Crippen LogP contribution < -0.4 is 20.1 Å². The summed E-state index contributed by atoms with van der Waals surface area (Å²) in [4.78, 5) is 48.9. The molecule has 292 valence electrons. The smallest absolute Gasteiger partial charge is 0.407 e. The molecule has 0 radical (unpaired) electrons. The second-order valence-electron chi connectivity index (χ2n) is 12.5. The standard InChI is InChI=1S/C44H46N2O10/c1-5-8-9-10-11-12-13-15-34-20-24-38(25-21-34)52-30-40(32-54-42(48)7-3)56-44(50)46-28-36-17-14-16-35(26-36)27-45-43(49)55-39(31-53-41(47)6-2)29-51-37-22-18-33(4)19-23-37/h6-7,18-25,35-36,39-40H,2-3,14,16-17,26-32H2,1,4H3,(H,45,49)(H,46,50). The molecule has 3 rings (SSSR count). The topological polar surface area (TPSA) is 148 Å². The van der Waals surface area contributed by atoms with E-state index in [0.717, 1.165) is 43.4 Å². The molecule has 12 nitrogen and oxygen atoms in total. The molecule has 4 unspecified atom stereocenters. The van der Waals surface area contributed by atoms with Crippen molar-refractivity contribution in [1.82, 2.24) is 10.6 Å². The summed E-state index contributed by atoms with van der Waals surface area (Å²) in [5.41, 5.74) is 1.77. The van der Waals surface area contributed by atoms with E-state index in [2.05, 4.69) is 71.2 Å². The number of ether oxygens (including phenoxy) is 6. The summed E-state index contributed by atoms with van der Waals surface area (Å²) < 4.78 is 32.9. The highest BCUT2D eigenvalue weighted by Gasteiger charge is 2.25. The Morgan fingerprint density at radius 2 is 1.16 bits per heavy atom. The summed E-state index contributed by atoms with van der Waals surface area (Å²) in [5.74, 6) is 21.3. The summed E-state index contributed by atoms with van der Waals surface area (Å²) in [6.07, 6.45) is 2.35. The zero-order valence-electron chi connectivity index (χ0n) is 31.7. The molecule has 12 heteroatoms. The first-order valence-electron chi connectivity index (χ1n) is 18.0. The molecule has 56 heavy (non-hydrogen) atoms. The number of rotatable bonds is 18. The average molecular weight is 763 g/mol. The fourth-order valence-electron chi connectivity index (χ4n) is 5.25. The zero-order valence-corrected chi connectivity index (χ0v) is 31.7. The van der Waals surface area contributed by atoms with Crippen molar-refractivity contribution < 1.29 is 47.6 Å². The van der Waals surface area contributed by atoms with Gasteiger partial charge in [-0.1, -0.05) is 49.1 Å². The Hall–Kier alpha value is -6.76. The highest BCUT2D eigenvalue weighted by Crippen LogP contribution is 2.28. The summed E-state index contributed by atoms with van der Waals surface area (Å²) >= 11 is 0. The van der Waals surface area contributed by atoms with E-state index in [0.29, 0.717) is 30.2 Å². The first-order valence-corrected chi connectivity index (χ1v) is 18.0.